The smallest absolute Gasteiger partial charge is 0.139 e. The van der Waals surface area contributed by atoms with Crippen LogP contribution in [0.2, 0.25) is 0 Å². The summed E-state index contributed by atoms with van der Waals surface area (Å²) in [5.41, 5.74) is 1.04. The molecule has 3 heterocycles. The van der Waals surface area contributed by atoms with Crippen LogP contribution in [0.15, 0.2) is 17.8 Å². The minimum Gasteiger partial charge on any atom is -0.368 e. The Morgan fingerprint density at radius 1 is 1.53 bits per heavy atom. The predicted molar refractivity (Wildman–Crippen MR) is 74.0 cm³/mol. The molecule has 0 spiro atoms. The highest BCUT2D eigenvalue weighted by molar-refractivity contribution is 7.09. The van der Waals surface area contributed by atoms with Crippen LogP contribution in [0.25, 0.3) is 0 Å². The fourth-order valence-electron chi connectivity index (χ4n) is 2.46. The number of imidazole rings is 1. The molecule has 0 saturated carbocycles. The number of hydrogen-bond donors (Lipinski definition) is 0. The minimum atomic E-state index is 0.0624. The van der Waals surface area contributed by atoms with E-state index in [0.29, 0.717) is 0 Å². The lowest BCUT2D eigenvalue weighted by Gasteiger charge is -2.31. The molecular formula is C13H18N4OS. The number of aromatic nitrogens is 3. The number of morpholine rings is 1. The van der Waals surface area contributed by atoms with Gasteiger partial charge in [0, 0.05) is 37.9 Å². The van der Waals surface area contributed by atoms with Gasteiger partial charge in [0.05, 0.1) is 18.8 Å². The van der Waals surface area contributed by atoms with E-state index >= 15 is 0 Å². The van der Waals surface area contributed by atoms with Crippen LogP contribution < -0.4 is 0 Å². The van der Waals surface area contributed by atoms with Gasteiger partial charge in [-0.25, -0.2) is 9.97 Å². The summed E-state index contributed by atoms with van der Waals surface area (Å²) in [5, 5.41) is 3.19. The number of thiazole rings is 1. The van der Waals surface area contributed by atoms with Crippen LogP contribution >= 0.6 is 11.3 Å². The molecule has 0 unspecified atom stereocenters. The van der Waals surface area contributed by atoms with E-state index in [9.17, 15) is 0 Å². The summed E-state index contributed by atoms with van der Waals surface area (Å²) in [7, 11) is 2.03. The first kappa shape index (κ1) is 12.8. The highest BCUT2D eigenvalue weighted by Gasteiger charge is 2.25. The lowest BCUT2D eigenvalue weighted by molar-refractivity contribution is -0.0384. The molecule has 5 nitrogen and oxygen atoms in total. The van der Waals surface area contributed by atoms with E-state index in [1.165, 1.54) is 0 Å². The summed E-state index contributed by atoms with van der Waals surface area (Å²) in [6.07, 6.45) is 3.96. The Morgan fingerprint density at radius 3 is 3.11 bits per heavy atom. The third-order valence-electron chi connectivity index (χ3n) is 3.31. The topological polar surface area (TPSA) is 43.2 Å². The van der Waals surface area contributed by atoms with Crippen molar-refractivity contribution in [2.75, 3.05) is 19.7 Å². The summed E-state index contributed by atoms with van der Waals surface area (Å²) in [5.74, 6) is 1.02. The number of nitrogens with zero attached hydrogens (tertiary/aromatic N) is 4. The van der Waals surface area contributed by atoms with Gasteiger partial charge in [-0.3, -0.25) is 4.90 Å². The predicted octanol–water partition coefficient (Wildman–Crippen LogP) is 1.76. The average Bonchev–Trinajstić information content (AvgIpc) is 2.99. The van der Waals surface area contributed by atoms with E-state index in [0.717, 1.165) is 42.8 Å². The molecule has 3 rings (SSSR count). The zero-order valence-electron chi connectivity index (χ0n) is 11.2. The lowest BCUT2D eigenvalue weighted by atomic mass is 10.2. The molecule has 102 valence electrons. The maximum absolute atomic E-state index is 5.87. The van der Waals surface area contributed by atoms with Crippen LogP contribution in [-0.4, -0.2) is 39.1 Å². The van der Waals surface area contributed by atoms with Crippen LogP contribution in [0, 0.1) is 6.92 Å². The molecule has 2 aromatic heterocycles. The fraction of sp³-hybridized carbons (Fsp3) is 0.538. The molecule has 0 bridgehead atoms. The standard InChI is InChI=1S/C13H18N4OS/c1-10-7-16(2)13(15-10)11-8-17(4-5-18-11)9-12-14-3-6-19-12/h3,6-7,11H,4-5,8-9H2,1-2H3/t11-/m1/s1. The van der Waals surface area contributed by atoms with E-state index in [2.05, 4.69) is 19.4 Å². The van der Waals surface area contributed by atoms with Gasteiger partial charge in [0.15, 0.2) is 0 Å². The molecule has 0 aliphatic carbocycles. The van der Waals surface area contributed by atoms with Gasteiger partial charge in [0.1, 0.15) is 16.9 Å². The molecule has 1 aliphatic rings. The molecule has 1 aliphatic heterocycles. The van der Waals surface area contributed by atoms with Gasteiger partial charge in [-0.2, -0.15) is 0 Å². The quantitative estimate of drug-likeness (QED) is 0.858. The Balaban J connectivity index is 1.69. The van der Waals surface area contributed by atoms with Crippen molar-refractivity contribution in [1.29, 1.82) is 0 Å². The largest absolute Gasteiger partial charge is 0.368 e. The van der Waals surface area contributed by atoms with E-state index in [1.54, 1.807) is 11.3 Å². The molecule has 2 aromatic rings. The number of ether oxygens (including phenoxy) is 1. The molecule has 0 N–H and O–H groups in total. The first-order chi connectivity index (χ1) is 9.22. The Kier molecular flexibility index (Phi) is 3.63. The monoisotopic (exact) mass is 278 g/mol. The van der Waals surface area contributed by atoms with Crippen LogP contribution in [0.5, 0.6) is 0 Å². The average molecular weight is 278 g/mol. The second-order valence-corrected chi connectivity index (χ2v) is 5.85. The molecule has 0 radical (unpaired) electrons. The third kappa shape index (κ3) is 2.86. The van der Waals surface area contributed by atoms with Crippen molar-refractivity contribution in [2.24, 2.45) is 7.05 Å². The van der Waals surface area contributed by atoms with Crippen molar-refractivity contribution >= 4 is 11.3 Å². The first-order valence-corrected chi connectivity index (χ1v) is 7.32. The lowest BCUT2D eigenvalue weighted by Crippen LogP contribution is -2.38. The molecule has 19 heavy (non-hydrogen) atoms. The van der Waals surface area contributed by atoms with Gasteiger partial charge in [-0.05, 0) is 6.92 Å². The molecule has 0 aromatic carbocycles. The third-order valence-corrected chi connectivity index (χ3v) is 4.08. The van der Waals surface area contributed by atoms with Crippen LogP contribution in [0.1, 0.15) is 22.6 Å². The molecule has 0 amide bonds. The van der Waals surface area contributed by atoms with Gasteiger partial charge in [0.2, 0.25) is 0 Å². The summed E-state index contributed by atoms with van der Waals surface area (Å²) in [4.78, 5) is 11.3. The Labute approximate surface area is 116 Å². The molecule has 6 heteroatoms. The Morgan fingerprint density at radius 2 is 2.42 bits per heavy atom. The molecule has 1 fully saturated rings. The Bertz CT molecular complexity index is 537. The number of hydrogen-bond acceptors (Lipinski definition) is 5. The second-order valence-electron chi connectivity index (χ2n) is 4.87. The second kappa shape index (κ2) is 5.40. The SMILES string of the molecule is Cc1cn(C)c([C@H]2CN(Cc3nccs3)CCO2)n1. The van der Waals surface area contributed by atoms with Crippen LogP contribution in [0.3, 0.4) is 0 Å². The fourth-order valence-corrected chi connectivity index (χ4v) is 3.12. The van der Waals surface area contributed by atoms with Gasteiger partial charge in [-0.15, -0.1) is 11.3 Å². The van der Waals surface area contributed by atoms with E-state index < -0.39 is 0 Å². The van der Waals surface area contributed by atoms with Crippen molar-refractivity contribution in [2.45, 2.75) is 19.6 Å². The Hall–Kier alpha value is -1.24. The highest BCUT2D eigenvalue weighted by Crippen LogP contribution is 2.22. The maximum Gasteiger partial charge on any atom is 0.139 e. The molecule has 1 saturated heterocycles. The van der Waals surface area contributed by atoms with Crippen molar-refractivity contribution in [3.63, 3.8) is 0 Å². The van der Waals surface area contributed by atoms with Gasteiger partial charge < -0.3 is 9.30 Å². The van der Waals surface area contributed by atoms with Gasteiger partial charge >= 0.3 is 0 Å². The zero-order chi connectivity index (χ0) is 13.2. The summed E-state index contributed by atoms with van der Waals surface area (Å²) in [6.45, 7) is 5.51. The van der Waals surface area contributed by atoms with Crippen LogP contribution in [0.4, 0.5) is 0 Å². The minimum absolute atomic E-state index is 0.0624. The number of rotatable bonds is 3. The first-order valence-electron chi connectivity index (χ1n) is 6.44. The van der Waals surface area contributed by atoms with Crippen molar-refractivity contribution in [3.8, 4) is 0 Å². The number of aryl methyl sites for hydroxylation is 2. The van der Waals surface area contributed by atoms with Crippen LogP contribution in [-0.2, 0) is 18.3 Å². The molecule has 1 atom stereocenters. The van der Waals surface area contributed by atoms with E-state index in [4.69, 9.17) is 4.74 Å². The van der Waals surface area contributed by atoms with Crippen molar-refractivity contribution in [3.05, 3.63) is 34.3 Å². The van der Waals surface area contributed by atoms with E-state index in [-0.39, 0.29) is 6.10 Å². The molecular weight excluding hydrogens is 260 g/mol. The zero-order valence-corrected chi connectivity index (χ0v) is 12.1. The van der Waals surface area contributed by atoms with Crippen molar-refractivity contribution < 1.29 is 4.74 Å². The summed E-state index contributed by atoms with van der Waals surface area (Å²) >= 11 is 1.71. The summed E-state index contributed by atoms with van der Waals surface area (Å²) < 4.78 is 7.93. The van der Waals surface area contributed by atoms with Gasteiger partial charge in [0.25, 0.3) is 0 Å². The van der Waals surface area contributed by atoms with Crippen molar-refractivity contribution in [1.82, 2.24) is 19.4 Å². The van der Waals surface area contributed by atoms with Gasteiger partial charge in [-0.1, -0.05) is 0 Å². The maximum atomic E-state index is 5.87. The normalized spacial score (nSPS) is 20.8. The summed E-state index contributed by atoms with van der Waals surface area (Å²) in [6, 6.07) is 0. The van der Waals surface area contributed by atoms with E-state index in [1.807, 2.05) is 31.7 Å². The highest BCUT2D eigenvalue weighted by atomic mass is 32.1.